The average Bonchev–Trinajstić information content (AvgIpc) is 2.91. The van der Waals surface area contributed by atoms with Gasteiger partial charge in [-0.25, -0.2) is 4.79 Å². The molecule has 2 rings (SSSR count). The van der Waals surface area contributed by atoms with Gasteiger partial charge in [0, 0.05) is 25.7 Å². The van der Waals surface area contributed by atoms with E-state index in [1.807, 2.05) is 18.2 Å². The number of ether oxygens (including phenoxy) is 1. The molecule has 1 aromatic rings. The molecule has 0 bridgehead atoms. The van der Waals surface area contributed by atoms with E-state index in [0.717, 1.165) is 26.1 Å². The molecular weight excluding hydrogens is 306 g/mol. The summed E-state index contributed by atoms with van der Waals surface area (Å²) in [5.74, 6) is -0.188. The van der Waals surface area contributed by atoms with Gasteiger partial charge >= 0.3 is 6.09 Å². The van der Waals surface area contributed by atoms with E-state index < -0.39 is 11.7 Å². The largest absolute Gasteiger partial charge is 0.444 e. The molecule has 0 spiro atoms. The van der Waals surface area contributed by atoms with E-state index in [-0.39, 0.29) is 18.5 Å². The molecule has 1 atom stereocenters. The summed E-state index contributed by atoms with van der Waals surface area (Å²) in [5.41, 5.74) is 0.709. The summed E-state index contributed by atoms with van der Waals surface area (Å²) in [6.07, 6.45) is 0.347. The Labute approximate surface area is 143 Å². The quantitative estimate of drug-likeness (QED) is 0.863. The lowest BCUT2D eigenvalue weighted by atomic mass is 10.2. The van der Waals surface area contributed by atoms with Gasteiger partial charge in [0.15, 0.2) is 0 Å². The van der Waals surface area contributed by atoms with Crippen LogP contribution < -0.4 is 10.6 Å². The van der Waals surface area contributed by atoms with E-state index in [2.05, 4.69) is 27.7 Å². The van der Waals surface area contributed by atoms with E-state index in [4.69, 9.17) is 4.74 Å². The van der Waals surface area contributed by atoms with E-state index in [0.29, 0.717) is 0 Å². The fourth-order valence-corrected chi connectivity index (χ4v) is 2.68. The maximum atomic E-state index is 11.9. The highest BCUT2D eigenvalue weighted by Crippen LogP contribution is 2.13. The van der Waals surface area contributed by atoms with Crippen molar-refractivity contribution in [3.8, 4) is 0 Å². The van der Waals surface area contributed by atoms with Crippen molar-refractivity contribution < 1.29 is 14.3 Å². The van der Waals surface area contributed by atoms with Crippen LogP contribution in [0.4, 0.5) is 4.79 Å². The normalized spacial score (nSPS) is 18.2. The molecule has 1 saturated heterocycles. The first kappa shape index (κ1) is 18.3. The molecule has 6 nitrogen and oxygen atoms in total. The first-order valence-corrected chi connectivity index (χ1v) is 8.34. The van der Waals surface area contributed by atoms with Gasteiger partial charge in [0.05, 0.1) is 0 Å². The molecule has 1 aliphatic heterocycles. The van der Waals surface area contributed by atoms with Crippen LogP contribution in [0.1, 0.15) is 32.8 Å². The van der Waals surface area contributed by atoms with Crippen LogP contribution in [0.2, 0.25) is 0 Å². The van der Waals surface area contributed by atoms with E-state index in [1.165, 1.54) is 5.56 Å². The molecule has 1 aliphatic rings. The van der Waals surface area contributed by atoms with Crippen LogP contribution >= 0.6 is 0 Å². The van der Waals surface area contributed by atoms with Crippen molar-refractivity contribution in [2.75, 3.05) is 19.6 Å². The van der Waals surface area contributed by atoms with Crippen LogP contribution in [-0.2, 0) is 16.1 Å². The Kier molecular flexibility index (Phi) is 6.20. The van der Waals surface area contributed by atoms with Crippen molar-refractivity contribution in [1.82, 2.24) is 15.5 Å². The highest BCUT2D eigenvalue weighted by atomic mass is 16.6. The highest BCUT2D eigenvalue weighted by molar-refractivity contribution is 5.82. The minimum Gasteiger partial charge on any atom is -0.444 e. The topological polar surface area (TPSA) is 70.7 Å². The Balaban J connectivity index is 1.67. The summed E-state index contributed by atoms with van der Waals surface area (Å²) in [6, 6.07) is 10.4. The lowest BCUT2D eigenvalue weighted by Gasteiger charge is -2.20. The Morgan fingerprint density at radius 3 is 2.62 bits per heavy atom. The number of benzene rings is 1. The Morgan fingerprint density at radius 1 is 1.25 bits per heavy atom. The van der Waals surface area contributed by atoms with Crippen LogP contribution in [0.5, 0.6) is 0 Å². The van der Waals surface area contributed by atoms with Crippen molar-refractivity contribution in [1.29, 1.82) is 0 Å². The van der Waals surface area contributed by atoms with Gasteiger partial charge in [-0.1, -0.05) is 30.3 Å². The maximum absolute atomic E-state index is 11.9. The standard InChI is InChI=1S/C18H27N3O3/c1-18(2,3)24-17(23)19-11-16(22)20-15-9-10-21(13-15)12-14-7-5-4-6-8-14/h4-8,15H,9-13H2,1-3H3,(H,19,23)(H,20,22)/t15-/m0/s1. The summed E-state index contributed by atoms with van der Waals surface area (Å²) in [5, 5.41) is 5.44. The molecule has 0 aromatic heterocycles. The second-order valence-corrected chi connectivity index (χ2v) is 7.13. The average molecular weight is 333 g/mol. The SMILES string of the molecule is CC(C)(C)OC(=O)NCC(=O)N[C@H]1CCN(Cc2ccccc2)C1. The number of nitrogens with zero attached hydrogens (tertiary/aromatic N) is 1. The van der Waals surface area contributed by atoms with Crippen molar-refractivity contribution in [2.24, 2.45) is 0 Å². The van der Waals surface area contributed by atoms with Crippen LogP contribution in [0.25, 0.3) is 0 Å². The predicted octanol–water partition coefficient (Wildman–Crippen LogP) is 1.90. The Morgan fingerprint density at radius 2 is 1.96 bits per heavy atom. The fourth-order valence-electron chi connectivity index (χ4n) is 2.68. The van der Waals surface area contributed by atoms with Gasteiger partial charge in [-0.15, -0.1) is 0 Å². The zero-order chi connectivity index (χ0) is 17.6. The van der Waals surface area contributed by atoms with Gasteiger partial charge in [0.2, 0.25) is 5.91 Å². The molecular formula is C18H27N3O3. The third-order valence-corrected chi connectivity index (χ3v) is 3.68. The molecule has 1 heterocycles. The monoisotopic (exact) mass is 333 g/mol. The highest BCUT2D eigenvalue weighted by Gasteiger charge is 2.24. The van der Waals surface area contributed by atoms with Crippen molar-refractivity contribution in [2.45, 2.75) is 45.4 Å². The van der Waals surface area contributed by atoms with Crippen molar-refractivity contribution >= 4 is 12.0 Å². The summed E-state index contributed by atoms with van der Waals surface area (Å²) in [7, 11) is 0. The molecule has 24 heavy (non-hydrogen) atoms. The van der Waals surface area contributed by atoms with E-state index in [1.54, 1.807) is 20.8 Å². The predicted molar refractivity (Wildman–Crippen MR) is 92.5 cm³/mol. The van der Waals surface area contributed by atoms with Gasteiger partial charge in [-0.2, -0.15) is 0 Å². The number of rotatable bonds is 5. The summed E-state index contributed by atoms with van der Waals surface area (Å²) in [6.45, 7) is 7.96. The zero-order valence-electron chi connectivity index (χ0n) is 14.7. The van der Waals surface area contributed by atoms with Crippen molar-refractivity contribution in [3.05, 3.63) is 35.9 Å². The van der Waals surface area contributed by atoms with Gasteiger partial charge < -0.3 is 15.4 Å². The summed E-state index contributed by atoms with van der Waals surface area (Å²) >= 11 is 0. The van der Waals surface area contributed by atoms with E-state index in [9.17, 15) is 9.59 Å². The first-order valence-electron chi connectivity index (χ1n) is 8.34. The number of alkyl carbamates (subject to hydrolysis) is 1. The number of amides is 2. The molecule has 0 saturated carbocycles. The first-order chi connectivity index (χ1) is 11.3. The van der Waals surface area contributed by atoms with Gasteiger partial charge in [0.25, 0.3) is 0 Å². The molecule has 1 aromatic carbocycles. The van der Waals surface area contributed by atoms with E-state index >= 15 is 0 Å². The van der Waals surface area contributed by atoms with Gasteiger partial charge in [-0.05, 0) is 32.8 Å². The van der Waals surface area contributed by atoms with Crippen LogP contribution in [0, 0.1) is 0 Å². The molecule has 2 amide bonds. The van der Waals surface area contributed by atoms with Gasteiger partial charge in [0.1, 0.15) is 12.1 Å². The number of carbonyl (C=O) groups is 2. The molecule has 0 unspecified atom stereocenters. The van der Waals surface area contributed by atoms with Crippen LogP contribution in [0.15, 0.2) is 30.3 Å². The summed E-state index contributed by atoms with van der Waals surface area (Å²) in [4.78, 5) is 25.8. The molecule has 2 N–H and O–H groups in total. The number of nitrogens with one attached hydrogen (secondary N) is 2. The second kappa shape index (κ2) is 8.15. The smallest absolute Gasteiger partial charge is 0.408 e. The molecule has 0 aliphatic carbocycles. The molecule has 1 fully saturated rings. The zero-order valence-corrected chi connectivity index (χ0v) is 14.7. The Bertz CT molecular complexity index is 554. The lowest BCUT2D eigenvalue weighted by molar-refractivity contribution is -0.120. The number of likely N-dealkylation sites (tertiary alicyclic amines) is 1. The summed E-state index contributed by atoms with van der Waals surface area (Å²) < 4.78 is 5.10. The molecule has 0 radical (unpaired) electrons. The number of carbonyl (C=O) groups excluding carboxylic acids is 2. The fraction of sp³-hybridized carbons (Fsp3) is 0.556. The van der Waals surface area contributed by atoms with Gasteiger partial charge in [-0.3, -0.25) is 9.69 Å². The molecule has 132 valence electrons. The number of hydrogen-bond donors (Lipinski definition) is 2. The minimum atomic E-state index is -0.574. The number of hydrogen-bond acceptors (Lipinski definition) is 4. The third kappa shape index (κ3) is 6.58. The van der Waals surface area contributed by atoms with Crippen LogP contribution in [-0.4, -0.2) is 48.2 Å². The van der Waals surface area contributed by atoms with Crippen LogP contribution in [0.3, 0.4) is 0 Å². The lowest BCUT2D eigenvalue weighted by Crippen LogP contribution is -2.44. The Hall–Kier alpha value is -2.08. The minimum absolute atomic E-state index is 0.0654. The molecule has 6 heteroatoms. The second-order valence-electron chi connectivity index (χ2n) is 7.13. The van der Waals surface area contributed by atoms with Crippen molar-refractivity contribution in [3.63, 3.8) is 0 Å². The maximum Gasteiger partial charge on any atom is 0.408 e. The third-order valence-electron chi connectivity index (χ3n) is 3.68.